The van der Waals surface area contributed by atoms with E-state index in [4.69, 9.17) is 18.6 Å². The van der Waals surface area contributed by atoms with Crippen LogP contribution in [0.15, 0.2) is 45.6 Å². The van der Waals surface area contributed by atoms with Crippen molar-refractivity contribution >= 4 is 21.7 Å². The normalized spacial score (nSPS) is 17.0. The number of ether oxygens (including phenoxy) is 3. The molecule has 0 bridgehead atoms. The molecular formula is C18H16O5. The SMILES string of the molecule is COc1ccc2c(c1)oc(=O)c1cc(C3(C)OCCO3)ccc12. The molecule has 118 valence electrons. The Morgan fingerprint density at radius 1 is 1.00 bits per heavy atom. The fourth-order valence-electron chi connectivity index (χ4n) is 3.00. The lowest BCUT2D eigenvalue weighted by atomic mass is 10.0. The predicted octanol–water partition coefficient (Wildman–Crippen LogP) is 3.17. The van der Waals surface area contributed by atoms with Crippen molar-refractivity contribution < 1.29 is 18.6 Å². The average molecular weight is 312 g/mol. The van der Waals surface area contributed by atoms with Gasteiger partial charge in [-0.25, -0.2) is 4.79 Å². The van der Waals surface area contributed by atoms with Gasteiger partial charge in [0.1, 0.15) is 11.3 Å². The number of hydrogen-bond acceptors (Lipinski definition) is 5. The number of benzene rings is 2. The smallest absolute Gasteiger partial charge is 0.344 e. The summed E-state index contributed by atoms with van der Waals surface area (Å²) in [6.07, 6.45) is 0. The first kappa shape index (κ1) is 14.2. The molecule has 0 atom stereocenters. The third-order valence-electron chi connectivity index (χ3n) is 4.28. The molecule has 0 aliphatic carbocycles. The second kappa shape index (κ2) is 5.08. The Bertz CT molecular complexity index is 951. The zero-order valence-electron chi connectivity index (χ0n) is 12.9. The Hall–Kier alpha value is -2.37. The highest BCUT2D eigenvalue weighted by Gasteiger charge is 2.33. The molecule has 4 rings (SSSR count). The maximum Gasteiger partial charge on any atom is 0.344 e. The lowest BCUT2D eigenvalue weighted by molar-refractivity contribution is -0.149. The summed E-state index contributed by atoms with van der Waals surface area (Å²) in [6.45, 7) is 2.94. The minimum Gasteiger partial charge on any atom is -0.497 e. The van der Waals surface area contributed by atoms with Gasteiger partial charge in [-0.05, 0) is 30.5 Å². The topological polar surface area (TPSA) is 57.9 Å². The summed E-state index contributed by atoms with van der Waals surface area (Å²) >= 11 is 0. The monoisotopic (exact) mass is 312 g/mol. The van der Waals surface area contributed by atoms with Gasteiger partial charge < -0.3 is 18.6 Å². The molecule has 0 unspecified atom stereocenters. The van der Waals surface area contributed by atoms with Gasteiger partial charge >= 0.3 is 5.63 Å². The molecule has 1 aliphatic rings. The van der Waals surface area contributed by atoms with Gasteiger partial charge in [0, 0.05) is 17.0 Å². The Morgan fingerprint density at radius 2 is 1.74 bits per heavy atom. The van der Waals surface area contributed by atoms with Gasteiger partial charge in [-0.3, -0.25) is 0 Å². The predicted molar refractivity (Wildman–Crippen MR) is 85.8 cm³/mol. The summed E-state index contributed by atoms with van der Waals surface area (Å²) in [5.41, 5.74) is 0.932. The highest BCUT2D eigenvalue weighted by Crippen LogP contribution is 2.34. The van der Waals surface area contributed by atoms with Crippen molar-refractivity contribution in [2.24, 2.45) is 0 Å². The largest absolute Gasteiger partial charge is 0.497 e. The summed E-state index contributed by atoms with van der Waals surface area (Å²) in [4.78, 5) is 12.4. The number of rotatable bonds is 2. The number of methoxy groups -OCH3 is 1. The van der Waals surface area contributed by atoms with E-state index in [1.807, 2.05) is 31.2 Å². The number of hydrogen-bond donors (Lipinski definition) is 0. The molecule has 1 fully saturated rings. The van der Waals surface area contributed by atoms with E-state index < -0.39 is 5.79 Å². The van der Waals surface area contributed by atoms with Crippen LogP contribution in [-0.2, 0) is 15.3 Å². The van der Waals surface area contributed by atoms with Gasteiger partial charge in [0.15, 0.2) is 5.79 Å². The van der Waals surface area contributed by atoms with Crippen LogP contribution in [-0.4, -0.2) is 20.3 Å². The Balaban J connectivity index is 1.97. The molecule has 5 heteroatoms. The fraction of sp³-hybridized carbons (Fsp3) is 0.278. The fourth-order valence-corrected chi connectivity index (χ4v) is 3.00. The van der Waals surface area contributed by atoms with Crippen LogP contribution in [0.5, 0.6) is 5.75 Å². The third-order valence-corrected chi connectivity index (χ3v) is 4.28. The first-order valence-electron chi connectivity index (χ1n) is 7.44. The first-order chi connectivity index (χ1) is 11.1. The molecule has 1 saturated heterocycles. The summed E-state index contributed by atoms with van der Waals surface area (Å²) in [5.74, 6) is -0.160. The highest BCUT2D eigenvalue weighted by molar-refractivity contribution is 6.04. The first-order valence-corrected chi connectivity index (χ1v) is 7.44. The van der Waals surface area contributed by atoms with Gasteiger partial charge in [-0.15, -0.1) is 0 Å². The molecule has 5 nitrogen and oxygen atoms in total. The van der Waals surface area contributed by atoms with Gasteiger partial charge in [-0.2, -0.15) is 0 Å². The van der Waals surface area contributed by atoms with Crippen molar-refractivity contribution in [3.05, 3.63) is 52.4 Å². The van der Waals surface area contributed by atoms with Crippen molar-refractivity contribution in [1.82, 2.24) is 0 Å². The van der Waals surface area contributed by atoms with Crippen LogP contribution in [0.4, 0.5) is 0 Å². The summed E-state index contributed by atoms with van der Waals surface area (Å²) in [6, 6.07) is 11.1. The van der Waals surface area contributed by atoms with Crippen molar-refractivity contribution in [1.29, 1.82) is 0 Å². The van der Waals surface area contributed by atoms with Crippen LogP contribution in [0.25, 0.3) is 21.7 Å². The van der Waals surface area contributed by atoms with E-state index in [2.05, 4.69) is 0 Å². The van der Waals surface area contributed by atoms with Crippen LogP contribution in [0.2, 0.25) is 0 Å². The van der Waals surface area contributed by atoms with Crippen LogP contribution in [0.1, 0.15) is 12.5 Å². The van der Waals surface area contributed by atoms with Gasteiger partial charge in [0.25, 0.3) is 0 Å². The molecule has 0 N–H and O–H groups in total. The van der Waals surface area contributed by atoms with E-state index in [1.165, 1.54) is 0 Å². The average Bonchev–Trinajstić information content (AvgIpc) is 3.02. The standard InChI is InChI=1S/C18H16O5/c1-18(21-7-8-22-18)11-3-5-13-14-6-4-12(20-2)10-16(14)23-17(19)15(13)9-11/h3-6,9-10H,7-8H2,1-2H3. The zero-order valence-corrected chi connectivity index (χ0v) is 12.9. The highest BCUT2D eigenvalue weighted by atomic mass is 16.7. The van der Waals surface area contributed by atoms with Gasteiger partial charge in [0.05, 0.1) is 25.7 Å². The van der Waals surface area contributed by atoms with Crippen molar-refractivity contribution in [2.45, 2.75) is 12.7 Å². The zero-order chi connectivity index (χ0) is 16.0. The second-order valence-corrected chi connectivity index (χ2v) is 5.65. The van der Waals surface area contributed by atoms with Crippen LogP contribution in [0, 0.1) is 0 Å². The maximum atomic E-state index is 12.4. The van der Waals surface area contributed by atoms with E-state index in [0.29, 0.717) is 29.9 Å². The lowest BCUT2D eigenvalue weighted by Gasteiger charge is -2.23. The quantitative estimate of drug-likeness (QED) is 0.537. The Kier molecular flexibility index (Phi) is 3.14. The van der Waals surface area contributed by atoms with Crippen molar-refractivity contribution in [3.63, 3.8) is 0 Å². The molecule has 23 heavy (non-hydrogen) atoms. The molecule has 0 spiro atoms. The van der Waals surface area contributed by atoms with Crippen molar-refractivity contribution in [2.75, 3.05) is 20.3 Å². The molecule has 2 aromatic carbocycles. The maximum absolute atomic E-state index is 12.4. The summed E-state index contributed by atoms with van der Waals surface area (Å²) in [7, 11) is 1.58. The van der Waals surface area contributed by atoms with Crippen LogP contribution < -0.4 is 10.4 Å². The van der Waals surface area contributed by atoms with Gasteiger partial charge in [0.2, 0.25) is 0 Å². The molecular weight excluding hydrogens is 296 g/mol. The summed E-state index contributed by atoms with van der Waals surface area (Å²) < 4.78 is 22.0. The van der Waals surface area contributed by atoms with E-state index in [1.54, 1.807) is 19.2 Å². The van der Waals surface area contributed by atoms with E-state index in [9.17, 15) is 4.79 Å². The second-order valence-electron chi connectivity index (χ2n) is 5.65. The van der Waals surface area contributed by atoms with Gasteiger partial charge in [-0.1, -0.05) is 12.1 Å². The molecule has 0 radical (unpaired) electrons. The van der Waals surface area contributed by atoms with E-state index >= 15 is 0 Å². The number of fused-ring (bicyclic) bond motifs is 3. The lowest BCUT2D eigenvalue weighted by Crippen LogP contribution is -2.22. The molecule has 1 aromatic heterocycles. The van der Waals surface area contributed by atoms with Crippen LogP contribution >= 0.6 is 0 Å². The van der Waals surface area contributed by atoms with Crippen LogP contribution in [0.3, 0.4) is 0 Å². The third kappa shape index (κ3) is 2.20. The van der Waals surface area contributed by atoms with Crippen molar-refractivity contribution in [3.8, 4) is 5.75 Å². The molecule has 1 aliphatic heterocycles. The minimum atomic E-state index is -0.810. The Morgan fingerprint density at radius 3 is 2.48 bits per heavy atom. The summed E-state index contributed by atoms with van der Waals surface area (Å²) in [5, 5.41) is 2.22. The molecule has 3 aromatic rings. The molecule has 2 heterocycles. The minimum absolute atomic E-state index is 0.385. The van der Waals surface area contributed by atoms with E-state index in [0.717, 1.165) is 16.3 Å². The molecule has 0 saturated carbocycles. The van der Waals surface area contributed by atoms with E-state index in [-0.39, 0.29) is 5.63 Å². The molecule has 0 amide bonds. The Labute approximate surface area is 132 Å².